The highest BCUT2D eigenvalue weighted by molar-refractivity contribution is 5.42. The Morgan fingerprint density at radius 1 is 1.47 bits per heavy atom. The quantitative estimate of drug-likeness (QED) is 0.598. The molecular weight excluding hydrogens is 222 g/mol. The smallest absolute Gasteiger partial charge is 0.287 e. The summed E-state index contributed by atoms with van der Waals surface area (Å²) in [5, 5.41) is 10.5. The molecule has 17 heavy (non-hydrogen) atoms. The number of nitro groups is 1. The fraction of sp³-hybridized carbons (Fsp3) is 0.182. The van der Waals surface area contributed by atoms with Gasteiger partial charge < -0.3 is 9.32 Å². The zero-order valence-corrected chi connectivity index (χ0v) is 9.24. The van der Waals surface area contributed by atoms with Crippen molar-refractivity contribution in [1.29, 1.82) is 0 Å². The van der Waals surface area contributed by atoms with Gasteiger partial charge in [-0.05, 0) is 18.2 Å². The van der Waals surface area contributed by atoms with Crippen LogP contribution in [0.5, 0.6) is 0 Å². The van der Waals surface area contributed by atoms with E-state index in [1.807, 2.05) is 24.1 Å². The van der Waals surface area contributed by atoms with Gasteiger partial charge in [-0.2, -0.15) is 0 Å². The first-order valence-electron chi connectivity index (χ1n) is 5.01. The molecule has 0 spiro atoms. The summed E-state index contributed by atoms with van der Waals surface area (Å²) in [6.07, 6.45) is 2.85. The Hall–Kier alpha value is -2.37. The molecule has 0 N–H and O–H groups in total. The van der Waals surface area contributed by atoms with Crippen LogP contribution in [-0.4, -0.2) is 17.0 Å². The second-order valence-electron chi connectivity index (χ2n) is 3.57. The van der Waals surface area contributed by atoms with Crippen molar-refractivity contribution in [2.24, 2.45) is 0 Å². The van der Waals surface area contributed by atoms with Gasteiger partial charge >= 0.3 is 0 Å². The highest BCUT2D eigenvalue weighted by Crippen LogP contribution is 2.16. The Morgan fingerprint density at radius 2 is 2.29 bits per heavy atom. The van der Waals surface area contributed by atoms with Crippen LogP contribution in [0.2, 0.25) is 0 Å². The van der Waals surface area contributed by atoms with Gasteiger partial charge in [-0.15, -0.1) is 0 Å². The maximum atomic E-state index is 10.5. The highest BCUT2D eigenvalue weighted by Gasteiger charge is 2.09. The average molecular weight is 233 g/mol. The Kier molecular flexibility index (Phi) is 3.04. The highest BCUT2D eigenvalue weighted by atomic mass is 16.6. The number of pyridine rings is 1. The Balaban J connectivity index is 2.09. The van der Waals surface area contributed by atoms with Gasteiger partial charge in [0.2, 0.25) is 0 Å². The Bertz CT molecular complexity index is 493. The number of hydrogen-bond acceptors (Lipinski definition) is 5. The standard InChI is InChI=1S/C11H11N3O3/c1-13(8-10-3-2-6-17-10)11-5-4-9(7-12-11)14(15)16/h2-7H,8H2,1H3. The second kappa shape index (κ2) is 4.65. The van der Waals surface area contributed by atoms with Crippen LogP contribution in [0.1, 0.15) is 5.76 Å². The van der Waals surface area contributed by atoms with E-state index in [1.54, 1.807) is 12.3 Å². The summed E-state index contributed by atoms with van der Waals surface area (Å²) in [5.74, 6) is 1.47. The van der Waals surface area contributed by atoms with Gasteiger partial charge in [-0.1, -0.05) is 0 Å². The van der Waals surface area contributed by atoms with Crippen LogP contribution < -0.4 is 4.90 Å². The third-order valence-electron chi connectivity index (χ3n) is 2.31. The number of furan rings is 1. The normalized spacial score (nSPS) is 10.2. The lowest BCUT2D eigenvalue weighted by Crippen LogP contribution is -2.17. The topological polar surface area (TPSA) is 72.4 Å². The first-order chi connectivity index (χ1) is 8.16. The molecule has 0 radical (unpaired) electrons. The molecule has 0 saturated heterocycles. The molecule has 2 aromatic heterocycles. The maximum Gasteiger partial charge on any atom is 0.287 e. The first kappa shape index (κ1) is 11.1. The molecule has 88 valence electrons. The minimum Gasteiger partial charge on any atom is -0.467 e. The van der Waals surface area contributed by atoms with Crippen molar-refractivity contribution in [3.05, 3.63) is 52.6 Å². The van der Waals surface area contributed by atoms with Crippen molar-refractivity contribution in [3.8, 4) is 0 Å². The number of rotatable bonds is 4. The molecule has 0 aliphatic heterocycles. The summed E-state index contributed by atoms with van der Waals surface area (Å²) in [5.41, 5.74) is -0.0138. The monoisotopic (exact) mass is 233 g/mol. The molecule has 0 atom stereocenters. The van der Waals surface area contributed by atoms with Gasteiger partial charge in [0.25, 0.3) is 5.69 Å². The van der Waals surface area contributed by atoms with Gasteiger partial charge in [0.15, 0.2) is 0 Å². The molecule has 0 amide bonds. The Morgan fingerprint density at radius 3 is 2.82 bits per heavy atom. The van der Waals surface area contributed by atoms with Gasteiger partial charge in [-0.3, -0.25) is 10.1 Å². The third-order valence-corrected chi connectivity index (χ3v) is 2.31. The van der Waals surface area contributed by atoms with Crippen LogP contribution in [0.4, 0.5) is 11.5 Å². The fourth-order valence-electron chi connectivity index (χ4n) is 1.43. The van der Waals surface area contributed by atoms with Crippen molar-refractivity contribution in [3.63, 3.8) is 0 Å². The SMILES string of the molecule is CN(Cc1ccco1)c1ccc([N+](=O)[O-])cn1. The summed E-state index contributed by atoms with van der Waals surface area (Å²) in [6.45, 7) is 0.567. The van der Waals surface area contributed by atoms with E-state index in [0.717, 1.165) is 5.76 Å². The van der Waals surface area contributed by atoms with Crippen molar-refractivity contribution in [2.45, 2.75) is 6.54 Å². The molecule has 0 aliphatic carbocycles. The van der Waals surface area contributed by atoms with Gasteiger partial charge in [-0.25, -0.2) is 4.98 Å². The molecule has 2 aromatic rings. The zero-order valence-electron chi connectivity index (χ0n) is 9.24. The lowest BCUT2D eigenvalue weighted by Gasteiger charge is -2.15. The molecule has 0 fully saturated rings. The fourth-order valence-corrected chi connectivity index (χ4v) is 1.43. The number of hydrogen-bond donors (Lipinski definition) is 0. The van der Waals surface area contributed by atoms with Gasteiger partial charge in [0.05, 0.1) is 17.7 Å². The minimum absolute atomic E-state index is 0.0138. The summed E-state index contributed by atoms with van der Waals surface area (Å²) in [7, 11) is 1.84. The van der Waals surface area contributed by atoms with E-state index in [1.165, 1.54) is 12.3 Å². The lowest BCUT2D eigenvalue weighted by molar-refractivity contribution is -0.385. The summed E-state index contributed by atoms with van der Waals surface area (Å²) >= 11 is 0. The lowest BCUT2D eigenvalue weighted by atomic mass is 10.3. The van der Waals surface area contributed by atoms with Gasteiger partial charge in [0.1, 0.15) is 17.8 Å². The van der Waals surface area contributed by atoms with Crippen LogP contribution in [0.15, 0.2) is 41.1 Å². The van der Waals surface area contributed by atoms with E-state index in [4.69, 9.17) is 4.42 Å². The Labute approximate surface area is 97.6 Å². The predicted octanol–water partition coefficient (Wildman–Crippen LogP) is 2.22. The molecule has 0 aliphatic rings. The molecule has 0 unspecified atom stereocenters. The molecule has 6 heteroatoms. The summed E-state index contributed by atoms with van der Waals surface area (Å²) < 4.78 is 5.21. The molecule has 2 heterocycles. The number of anilines is 1. The second-order valence-corrected chi connectivity index (χ2v) is 3.57. The number of aromatic nitrogens is 1. The van der Waals surface area contributed by atoms with Crippen LogP contribution in [-0.2, 0) is 6.54 Å². The van der Waals surface area contributed by atoms with Crippen LogP contribution in [0, 0.1) is 10.1 Å². The van der Waals surface area contributed by atoms with Crippen molar-refractivity contribution in [1.82, 2.24) is 4.98 Å². The third kappa shape index (κ3) is 2.60. The van der Waals surface area contributed by atoms with Crippen molar-refractivity contribution in [2.75, 3.05) is 11.9 Å². The predicted molar refractivity (Wildman–Crippen MR) is 61.7 cm³/mol. The van der Waals surface area contributed by atoms with E-state index in [-0.39, 0.29) is 5.69 Å². The maximum absolute atomic E-state index is 10.5. The molecular formula is C11H11N3O3. The van der Waals surface area contributed by atoms with E-state index >= 15 is 0 Å². The zero-order chi connectivity index (χ0) is 12.3. The van der Waals surface area contributed by atoms with E-state index in [9.17, 15) is 10.1 Å². The molecule has 0 aromatic carbocycles. The average Bonchev–Trinajstić information content (AvgIpc) is 2.82. The summed E-state index contributed by atoms with van der Waals surface area (Å²) in [6, 6.07) is 6.72. The molecule has 2 rings (SSSR count). The van der Waals surface area contributed by atoms with E-state index in [2.05, 4.69) is 4.98 Å². The van der Waals surface area contributed by atoms with Crippen molar-refractivity contribution >= 4 is 11.5 Å². The van der Waals surface area contributed by atoms with Crippen LogP contribution >= 0.6 is 0 Å². The van der Waals surface area contributed by atoms with Crippen molar-refractivity contribution < 1.29 is 9.34 Å². The first-order valence-corrected chi connectivity index (χ1v) is 5.01. The number of nitrogens with zero attached hydrogens (tertiary/aromatic N) is 3. The van der Waals surface area contributed by atoms with E-state index < -0.39 is 4.92 Å². The molecule has 0 bridgehead atoms. The van der Waals surface area contributed by atoms with Crippen LogP contribution in [0.3, 0.4) is 0 Å². The molecule has 6 nitrogen and oxygen atoms in total. The summed E-state index contributed by atoms with van der Waals surface area (Å²) in [4.78, 5) is 15.9. The minimum atomic E-state index is -0.469. The van der Waals surface area contributed by atoms with E-state index in [0.29, 0.717) is 12.4 Å². The van der Waals surface area contributed by atoms with Gasteiger partial charge in [0, 0.05) is 13.1 Å². The molecule has 0 saturated carbocycles. The van der Waals surface area contributed by atoms with Crippen LogP contribution in [0.25, 0.3) is 0 Å². The largest absolute Gasteiger partial charge is 0.467 e.